The van der Waals surface area contributed by atoms with Crippen LogP contribution in [0.4, 0.5) is 10.1 Å². The largest absolute Gasteiger partial charge is 0.321 e. The van der Waals surface area contributed by atoms with Crippen LogP contribution in [0.3, 0.4) is 0 Å². The number of hydrogen-bond acceptors (Lipinski definition) is 4. The van der Waals surface area contributed by atoms with Gasteiger partial charge in [-0.3, -0.25) is 4.79 Å². The molecule has 0 aliphatic heterocycles. The average molecular weight is 352 g/mol. The number of anilines is 1. The number of halogens is 1. The normalized spacial score (nSPS) is 11.0. The van der Waals surface area contributed by atoms with Gasteiger partial charge < -0.3 is 5.32 Å². The number of nitrogens with one attached hydrogen (secondary N) is 1. The highest BCUT2D eigenvalue weighted by atomic mass is 32.1. The number of carbonyl (C=O) groups excluding carboxylic acids is 1. The molecule has 1 N–H and O–H groups in total. The number of benzene rings is 1. The molecule has 0 saturated carbocycles. The van der Waals surface area contributed by atoms with Gasteiger partial charge >= 0.3 is 0 Å². The van der Waals surface area contributed by atoms with Crippen LogP contribution in [-0.4, -0.2) is 20.5 Å². The molecule has 4 rings (SSSR count). The van der Waals surface area contributed by atoms with Crippen molar-refractivity contribution in [3.05, 3.63) is 71.1 Å². The summed E-state index contributed by atoms with van der Waals surface area (Å²) in [4.78, 5) is 17.9. The molecule has 3 heterocycles. The molecule has 25 heavy (non-hydrogen) atoms. The Hall–Kier alpha value is -3.06. The van der Waals surface area contributed by atoms with E-state index in [2.05, 4.69) is 15.4 Å². The summed E-state index contributed by atoms with van der Waals surface area (Å²) in [6.07, 6.45) is 0. The van der Waals surface area contributed by atoms with Crippen LogP contribution in [0.25, 0.3) is 16.2 Å². The van der Waals surface area contributed by atoms with Crippen LogP contribution >= 0.6 is 11.3 Å². The van der Waals surface area contributed by atoms with Gasteiger partial charge in [0.1, 0.15) is 17.2 Å². The summed E-state index contributed by atoms with van der Waals surface area (Å²) in [5, 5.41) is 9.17. The maximum Gasteiger partial charge on any atom is 0.274 e. The fourth-order valence-corrected chi connectivity index (χ4v) is 3.23. The van der Waals surface area contributed by atoms with Crippen molar-refractivity contribution in [2.45, 2.75) is 6.92 Å². The molecule has 0 unspecified atom stereocenters. The maximum absolute atomic E-state index is 13.3. The molecule has 5 nitrogen and oxygen atoms in total. The Kier molecular flexibility index (Phi) is 3.77. The monoisotopic (exact) mass is 352 g/mol. The van der Waals surface area contributed by atoms with Gasteiger partial charge in [0.15, 0.2) is 5.65 Å². The number of rotatable bonds is 3. The minimum absolute atomic E-state index is 0.256. The lowest BCUT2D eigenvalue weighted by Crippen LogP contribution is -2.15. The van der Waals surface area contributed by atoms with Gasteiger partial charge in [0.25, 0.3) is 5.91 Å². The second kappa shape index (κ2) is 6.10. The smallest absolute Gasteiger partial charge is 0.274 e. The molecule has 0 fully saturated rings. The van der Waals surface area contributed by atoms with Crippen molar-refractivity contribution >= 4 is 28.6 Å². The van der Waals surface area contributed by atoms with Gasteiger partial charge in [0, 0.05) is 17.4 Å². The standard InChI is InChI=1S/C18H13FN4OS/c1-11-8-15(18(24)20-13-5-2-4-12(19)9-13)21-17-10-14(22-23(11)17)16-6-3-7-25-16/h2-10H,1H3,(H,20,24). The zero-order valence-corrected chi connectivity index (χ0v) is 14.0. The van der Waals surface area contributed by atoms with Crippen molar-refractivity contribution in [3.8, 4) is 10.6 Å². The van der Waals surface area contributed by atoms with E-state index in [9.17, 15) is 9.18 Å². The van der Waals surface area contributed by atoms with Crippen molar-refractivity contribution in [2.24, 2.45) is 0 Å². The van der Waals surface area contributed by atoms with Crippen LogP contribution in [0.1, 0.15) is 16.2 Å². The molecule has 124 valence electrons. The summed E-state index contributed by atoms with van der Waals surface area (Å²) in [5.74, 6) is -0.802. The van der Waals surface area contributed by atoms with E-state index in [1.807, 2.05) is 30.5 Å². The van der Waals surface area contributed by atoms with E-state index < -0.39 is 11.7 Å². The summed E-state index contributed by atoms with van der Waals surface area (Å²) in [5.41, 5.74) is 2.84. The Morgan fingerprint density at radius 3 is 2.84 bits per heavy atom. The Morgan fingerprint density at radius 2 is 2.08 bits per heavy atom. The van der Waals surface area contributed by atoms with Gasteiger partial charge in [0.2, 0.25) is 0 Å². The number of aromatic nitrogens is 3. The van der Waals surface area contributed by atoms with Gasteiger partial charge in [-0.1, -0.05) is 12.1 Å². The van der Waals surface area contributed by atoms with Gasteiger partial charge in [0.05, 0.1) is 4.88 Å². The van der Waals surface area contributed by atoms with Gasteiger partial charge in [-0.25, -0.2) is 13.9 Å². The molecular formula is C18H13FN4OS. The maximum atomic E-state index is 13.3. The van der Waals surface area contributed by atoms with Crippen LogP contribution in [-0.2, 0) is 0 Å². The van der Waals surface area contributed by atoms with E-state index in [-0.39, 0.29) is 5.69 Å². The summed E-state index contributed by atoms with van der Waals surface area (Å²) in [7, 11) is 0. The fourth-order valence-electron chi connectivity index (χ4n) is 2.55. The van der Waals surface area contributed by atoms with Crippen molar-refractivity contribution in [1.82, 2.24) is 14.6 Å². The number of amides is 1. The zero-order chi connectivity index (χ0) is 17.4. The molecule has 0 bridgehead atoms. The third-order valence-corrected chi connectivity index (χ3v) is 4.59. The van der Waals surface area contributed by atoms with Crippen molar-refractivity contribution < 1.29 is 9.18 Å². The molecule has 7 heteroatoms. The molecule has 0 saturated heterocycles. The minimum atomic E-state index is -0.409. The van der Waals surface area contributed by atoms with E-state index in [0.29, 0.717) is 11.3 Å². The van der Waals surface area contributed by atoms with Crippen LogP contribution < -0.4 is 5.32 Å². The van der Waals surface area contributed by atoms with Crippen molar-refractivity contribution in [1.29, 1.82) is 0 Å². The van der Waals surface area contributed by atoms with E-state index in [0.717, 1.165) is 16.3 Å². The molecule has 1 aromatic carbocycles. The molecule has 0 spiro atoms. The topological polar surface area (TPSA) is 59.3 Å². The van der Waals surface area contributed by atoms with E-state index in [4.69, 9.17) is 0 Å². The van der Waals surface area contributed by atoms with E-state index in [1.165, 1.54) is 18.2 Å². The summed E-state index contributed by atoms with van der Waals surface area (Å²) in [6.45, 7) is 1.86. The van der Waals surface area contributed by atoms with Crippen LogP contribution in [0, 0.1) is 12.7 Å². The van der Waals surface area contributed by atoms with Crippen LogP contribution in [0.5, 0.6) is 0 Å². The summed E-state index contributed by atoms with van der Waals surface area (Å²) < 4.78 is 15.0. The first-order valence-corrected chi connectivity index (χ1v) is 8.46. The van der Waals surface area contributed by atoms with Crippen molar-refractivity contribution in [3.63, 3.8) is 0 Å². The number of nitrogens with zero attached hydrogens (tertiary/aromatic N) is 3. The lowest BCUT2D eigenvalue weighted by Gasteiger charge is -2.06. The lowest BCUT2D eigenvalue weighted by atomic mass is 10.2. The van der Waals surface area contributed by atoms with Crippen LogP contribution in [0.15, 0.2) is 53.9 Å². The van der Waals surface area contributed by atoms with E-state index in [1.54, 1.807) is 28.0 Å². The fraction of sp³-hybridized carbons (Fsp3) is 0.0556. The molecule has 3 aromatic heterocycles. The third kappa shape index (κ3) is 3.01. The number of fused-ring (bicyclic) bond motifs is 1. The predicted octanol–water partition coefficient (Wildman–Crippen LogP) is 4.16. The molecule has 0 radical (unpaired) electrons. The highest BCUT2D eigenvalue weighted by molar-refractivity contribution is 7.13. The first-order chi connectivity index (χ1) is 12.1. The number of aryl methyl sites for hydroxylation is 1. The van der Waals surface area contributed by atoms with Gasteiger partial charge in [-0.15, -0.1) is 11.3 Å². The van der Waals surface area contributed by atoms with Gasteiger partial charge in [-0.2, -0.15) is 5.10 Å². The lowest BCUT2D eigenvalue weighted by molar-refractivity contribution is 0.102. The first kappa shape index (κ1) is 15.5. The molecule has 4 aromatic rings. The SMILES string of the molecule is Cc1cc(C(=O)Nc2cccc(F)c2)nc2cc(-c3cccs3)nn12. The Balaban J connectivity index is 1.69. The quantitative estimate of drug-likeness (QED) is 0.602. The Bertz CT molecular complexity index is 1070. The average Bonchev–Trinajstić information content (AvgIpc) is 3.24. The second-order valence-electron chi connectivity index (χ2n) is 5.52. The molecule has 0 atom stereocenters. The zero-order valence-electron chi connectivity index (χ0n) is 13.2. The van der Waals surface area contributed by atoms with Gasteiger partial charge in [-0.05, 0) is 42.6 Å². The molecule has 0 aliphatic carbocycles. The number of hydrogen-bond donors (Lipinski definition) is 1. The Morgan fingerprint density at radius 1 is 1.20 bits per heavy atom. The summed E-state index contributed by atoms with van der Waals surface area (Å²) in [6, 6.07) is 13.2. The van der Waals surface area contributed by atoms with E-state index >= 15 is 0 Å². The first-order valence-electron chi connectivity index (χ1n) is 7.58. The second-order valence-corrected chi connectivity index (χ2v) is 6.47. The predicted molar refractivity (Wildman–Crippen MR) is 95.4 cm³/mol. The highest BCUT2D eigenvalue weighted by Gasteiger charge is 2.14. The van der Waals surface area contributed by atoms with Crippen molar-refractivity contribution in [2.75, 3.05) is 5.32 Å². The Labute approximate surface area is 146 Å². The highest BCUT2D eigenvalue weighted by Crippen LogP contribution is 2.24. The minimum Gasteiger partial charge on any atom is -0.321 e. The number of thiophene rings is 1. The number of carbonyl (C=O) groups is 1. The third-order valence-electron chi connectivity index (χ3n) is 3.69. The molecular weight excluding hydrogens is 339 g/mol. The van der Waals surface area contributed by atoms with Crippen LogP contribution in [0.2, 0.25) is 0 Å². The summed E-state index contributed by atoms with van der Waals surface area (Å²) >= 11 is 1.59. The molecule has 0 aliphatic rings. The molecule has 1 amide bonds.